The molecule has 0 aliphatic heterocycles. The van der Waals surface area contributed by atoms with Gasteiger partial charge in [0.1, 0.15) is 17.3 Å². The van der Waals surface area contributed by atoms with Crippen LogP contribution >= 0.6 is 0 Å². The predicted molar refractivity (Wildman–Crippen MR) is 65.0 cm³/mol. The van der Waals surface area contributed by atoms with Gasteiger partial charge in [0.2, 0.25) is 5.78 Å². The maximum absolute atomic E-state index is 13.7. The lowest BCUT2D eigenvalue weighted by atomic mass is 10.1. The summed E-state index contributed by atoms with van der Waals surface area (Å²) in [6.45, 7) is 0. The van der Waals surface area contributed by atoms with Gasteiger partial charge in [0, 0.05) is 6.07 Å². The van der Waals surface area contributed by atoms with Crippen molar-refractivity contribution in [3.05, 3.63) is 53.6 Å². The number of ketones is 1. The second-order valence-corrected chi connectivity index (χ2v) is 3.65. The summed E-state index contributed by atoms with van der Waals surface area (Å²) in [4.78, 5) is 15.9. The highest BCUT2D eigenvalue weighted by Gasteiger charge is 2.15. The van der Waals surface area contributed by atoms with Gasteiger partial charge in [-0.3, -0.25) is 9.78 Å². The van der Waals surface area contributed by atoms with Crippen LogP contribution in [0.2, 0.25) is 0 Å². The molecule has 92 valence electrons. The number of methoxy groups -OCH3 is 1. The Bertz CT molecular complexity index is 582. The van der Waals surface area contributed by atoms with Crippen molar-refractivity contribution in [2.75, 3.05) is 12.8 Å². The Labute approximate surface area is 103 Å². The normalized spacial score (nSPS) is 10.1. The molecule has 0 amide bonds. The van der Waals surface area contributed by atoms with Crippen molar-refractivity contribution < 1.29 is 13.9 Å². The molecule has 2 aromatic rings. The smallest absolute Gasteiger partial charge is 0.214 e. The van der Waals surface area contributed by atoms with E-state index in [9.17, 15) is 9.18 Å². The zero-order valence-corrected chi connectivity index (χ0v) is 9.68. The van der Waals surface area contributed by atoms with E-state index < -0.39 is 11.6 Å². The van der Waals surface area contributed by atoms with Gasteiger partial charge in [0.15, 0.2) is 0 Å². The minimum absolute atomic E-state index is 0.0481. The van der Waals surface area contributed by atoms with Crippen molar-refractivity contribution in [3.8, 4) is 5.75 Å². The number of hydrogen-bond donors (Lipinski definition) is 1. The predicted octanol–water partition coefficient (Wildman–Crippen LogP) is 2.04. The van der Waals surface area contributed by atoms with Gasteiger partial charge in [0.05, 0.1) is 24.6 Å². The molecule has 0 saturated carbocycles. The molecule has 0 unspecified atom stereocenters. The fraction of sp³-hybridized carbons (Fsp3) is 0.0769. The zero-order valence-electron chi connectivity index (χ0n) is 9.68. The van der Waals surface area contributed by atoms with Crippen LogP contribution in [-0.2, 0) is 0 Å². The van der Waals surface area contributed by atoms with Crippen molar-refractivity contribution in [2.45, 2.75) is 0 Å². The van der Waals surface area contributed by atoms with Crippen molar-refractivity contribution in [1.82, 2.24) is 4.98 Å². The Hall–Kier alpha value is -2.43. The van der Waals surface area contributed by atoms with E-state index in [4.69, 9.17) is 10.5 Å². The number of carbonyl (C=O) groups excluding carboxylic acids is 1. The highest BCUT2D eigenvalue weighted by Crippen LogP contribution is 2.18. The Balaban J connectivity index is 2.37. The van der Waals surface area contributed by atoms with E-state index in [0.717, 1.165) is 6.07 Å². The first-order valence-corrected chi connectivity index (χ1v) is 5.21. The fourth-order valence-electron chi connectivity index (χ4n) is 1.48. The third kappa shape index (κ3) is 2.29. The van der Waals surface area contributed by atoms with Gasteiger partial charge in [-0.15, -0.1) is 0 Å². The molecule has 1 aromatic carbocycles. The summed E-state index contributed by atoms with van der Waals surface area (Å²) >= 11 is 0. The molecule has 0 saturated heterocycles. The lowest BCUT2D eigenvalue weighted by Crippen LogP contribution is -2.07. The minimum atomic E-state index is -0.641. The lowest BCUT2D eigenvalue weighted by Gasteiger charge is -2.04. The van der Waals surface area contributed by atoms with Crippen LogP contribution in [0, 0.1) is 5.82 Å². The number of ether oxygens (including phenoxy) is 1. The van der Waals surface area contributed by atoms with Crippen molar-refractivity contribution in [1.29, 1.82) is 0 Å². The number of pyridine rings is 1. The van der Waals surface area contributed by atoms with E-state index in [1.54, 1.807) is 6.07 Å². The molecule has 0 radical (unpaired) electrons. The van der Waals surface area contributed by atoms with E-state index in [2.05, 4.69) is 4.98 Å². The summed E-state index contributed by atoms with van der Waals surface area (Å²) in [6.07, 6.45) is 1.36. The highest BCUT2D eigenvalue weighted by molar-refractivity contribution is 6.08. The summed E-state index contributed by atoms with van der Waals surface area (Å²) in [5.74, 6) is -0.776. The molecule has 0 atom stereocenters. The minimum Gasteiger partial charge on any atom is -0.497 e. The molecule has 2 N–H and O–H groups in total. The number of nitrogen functional groups attached to an aromatic ring is 1. The number of hydrogen-bond acceptors (Lipinski definition) is 4. The standard InChI is InChI=1S/C13H11FN2O2/c1-18-9-3-4-10(11(14)6-9)13(17)12-5-2-8(15)7-16-12/h2-7H,15H2,1H3. The van der Waals surface area contributed by atoms with Crippen LogP contribution in [0.3, 0.4) is 0 Å². The number of benzene rings is 1. The quantitative estimate of drug-likeness (QED) is 0.842. The van der Waals surface area contributed by atoms with E-state index in [1.165, 1.54) is 31.5 Å². The summed E-state index contributed by atoms with van der Waals surface area (Å²) in [5, 5.41) is 0. The molecular weight excluding hydrogens is 235 g/mol. The van der Waals surface area contributed by atoms with Crippen LogP contribution in [-0.4, -0.2) is 17.9 Å². The average molecular weight is 246 g/mol. The number of nitrogens with zero attached hydrogens (tertiary/aromatic N) is 1. The summed E-state index contributed by atoms with van der Waals surface area (Å²) in [5.41, 5.74) is 6.01. The number of aromatic nitrogens is 1. The van der Waals surface area contributed by atoms with Gasteiger partial charge in [-0.2, -0.15) is 0 Å². The number of halogens is 1. The van der Waals surface area contributed by atoms with Crippen LogP contribution in [0.15, 0.2) is 36.5 Å². The van der Waals surface area contributed by atoms with E-state index in [0.29, 0.717) is 11.4 Å². The maximum Gasteiger partial charge on any atom is 0.214 e. The van der Waals surface area contributed by atoms with Gasteiger partial charge in [-0.1, -0.05) is 0 Å². The second-order valence-electron chi connectivity index (χ2n) is 3.65. The average Bonchev–Trinajstić information content (AvgIpc) is 2.38. The van der Waals surface area contributed by atoms with Crippen LogP contribution in [0.1, 0.15) is 16.1 Å². The Kier molecular flexibility index (Phi) is 3.23. The molecule has 1 heterocycles. The number of carbonyl (C=O) groups is 1. The fourth-order valence-corrected chi connectivity index (χ4v) is 1.48. The second kappa shape index (κ2) is 4.83. The summed E-state index contributed by atoms with van der Waals surface area (Å²) in [7, 11) is 1.43. The van der Waals surface area contributed by atoms with Crippen LogP contribution in [0.4, 0.5) is 10.1 Å². The van der Waals surface area contributed by atoms with Gasteiger partial charge >= 0.3 is 0 Å². The molecule has 18 heavy (non-hydrogen) atoms. The molecule has 5 heteroatoms. The molecule has 2 rings (SSSR count). The van der Waals surface area contributed by atoms with Crippen LogP contribution < -0.4 is 10.5 Å². The van der Waals surface area contributed by atoms with Crippen molar-refractivity contribution >= 4 is 11.5 Å². The van der Waals surface area contributed by atoms with Crippen LogP contribution in [0.25, 0.3) is 0 Å². The Morgan fingerprint density at radius 1 is 1.33 bits per heavy atom. The maximum atomic E-state index is 13.7. The molecule has 0 aliphatic carbocycles. The van der Waals surface area contributed by atoms with Crippen molar-refractivity contribution in [3.63, 3.8) is 0 Å². The first-order chi connectivity index (χ1) is 8.61. The van der Waals surface area contributed by atoms with Gasteiger partial charge in [0.25, 0.3) is 0 Å². The van der Waals surface area contributed by atoms with E-state index >= 15 is 0 Å². The topological polar surface area (TPSA) is 65.2 Å². The molecule has 0 aliphatic rings. The number of anilines is 1. The van der Waals surface area contributed by atoms with Crippen LogP contribution in [0.5, 0.6) is 5.75 Å². The highest BCUT2D eigenvalue weighted by atomic mass is 19.1. The van der Waals surface area contributed by atoms with Crippen molar-refractivity contribution in [2.24, 2.45) is 0 Å². The number of nitrogens with two attached hydrogens (primary N) is 1. The molecule has 1 aromatic heterocycles. The summed E-state index contributed by atoms with van der Waals surface area (Å²) < 4.78 is 18.6. The van der Waals surface area contributed by atoms with Gasteiger partial charge in [-0.05, 0) is 24.3 Å². The zero-order chi connectivity index (χ0) is 13.1. The lowest BCUT2D eigenvalue weighted by molar-refractivity contribution is 0.103. The third-order valence-electron chi connectivity index (χ3n) is 2.44. The largest absolute Gasteiger partial charge is 0.497 e. The monoisotopic (exact) mass is 246 g/mol. The first kappa shape index (κ1) is 12.0. The molecular formula is C13H11FN2O2. The van der Waals surface area contributed by atoms with Gasteiger partial charge < -0.3 is 10.5 Å². The van der Waals surface area contributed by atoms with E-state index in [-0.39, 0.29) is 11.3 Å². The van der Waals surface area contributed by atoms with Gasteiger partial charge in [-0.25, -0.2) is 4.39 Å². The molecule has 0 bridgehead atoms. The first-order valence-electron chi connectivity index (χ1n) is 5.21. The molecule has 0 spiro atoms. The third-order valence-corrected chi connectivity index (χ3v) is 2.44. The molecule has 0 fully saturated rings. The number of rotatable bonds is 3. The SMILES string of the molecule is COc1ccc(C(=O)c2ccc(N)cn2)c(F)c1. The Morgan fingerprint density at radius 2 is 2.11 bits per heavy atom. The molecule has 4 nitrogen and oxygen atoms in total. The van der Waals surface area contributed by atoms with E-state index in [1.807, 2.05) is 0 Å². The Morgan fingerprint density at radius 3 is 2.67 bits per heavy atom. The summed E-state index contributed by atoms with van der Waals surface area (Å²) in [6, 6.07) is 7.05.